The number of carboxylic acids is 1. The average Bonchev–Trinajstić information content (AvgIpc) is 3.47. The second-order valence-electron chi connectivity index (χ2n) is 9.06. The topological polar surface area (TPSA) is 132 Å². The standard InChI is InChI=1S/C29H28F2N2O8/c1-38-24-8-3-2-5-18(24)14-32-27(34)25-26(41-16-40-25)28(35)33-23(29(36)37)13-17-9-11-19(12-10-17)39-15-20-21(30)6-4-7-22(20)31/h2-12,23,25-26H,13-16H2,1H3,(H,32,34)(H,33,35)(H,36,37). The number of hydrogen-bond donors (Lipinski definition) is 3. The lowest BCUT2D eigenvalue weighted by Crippen LogP contribution is -2.52. The Morgan fingerprint density at radius 1 is 0.951 bits per heavy atom. The molecule has 0 spiro atoms. The van der Waals surface area contributed by atoms with Gasteiger partial charge in [-0.3, -0.25) is 9.59 Å². The van der Waals surface area contributed by atoms with E-state index in [1.165, 1.54) is 25.3 Å². The molecule has 12 heteroatoms. The molecule has 0 radical (unpaired) electrons. The van der Waals surface area contributed by atoms with Crippen molar-refractivity contribution in [1.82, 2.24) is 10.6 Å². The highest BCUT2D eigenvalue weighted by Gasteiger charge is 2.41. The number of carboxylic acid groups (broad SMARTS) is 1. The summed E-state index contributed by atoms with van der Waals surface area (Å²) >= 11 is 0. The van der Waals surface area contributed by atoms with Gasteiger partial charge in [0, 0.05) is 18.5 Å². The summed E-state index contributed by atoms with van der Waals surface area (Å²) < 4.78 is 48.9. The van der Waals surface area contributed by atoms with Crippen molar-refractivity contribution in [2.75, 3.05) is 13.9 Å². The molecular weight excluding hydrogens is 542 g/mol. The van der Waals surface area contributed by atoms with Crippen LogP contribution in [-0.4, -0.2) is 55.0 Å². The molecule has 1 aliphatic heterocycles. The Bertz CT molecular complexity index is 1370. The second-order valence-corrected chi connectivity index (χ2v) is 9.06. The van der Waals surface area contributed by atoms with Crippen molar-refractivity contribution in [3.05, 3.63) is 95.1 Å². The van der Waals surface area contributed by atoms with Gasteiger partial charge in [-0.15, -0.1) is 0 Å². The van der Waals surface area contributed by atoms with Gasteiger partial charge in [0.1, 0.15) is 42.6 Å². The van der Waals surface area contributed by atoms with Crippen molar-refractivity contribution >= 4 is 17.8 Å². The molecule has 1 saturated heterocycles. The van der Waals surface area contributed by atoms with Crippen LogP contribution in [0.25, 0.3) is 0 Å². The van der Waals surface area contributed by atoms with Gasteiger partial charge in [-0.2, -0.15) is 0 Å². The molecule has 1 fully saturated rings. The van der Waals surface area contributed by atoms with E-state index >= 15 is 0 Å². The molecule has 10 nitrogen and oxygen atoms in total. The largest absolute Gasteiger partial charge is 0.496 e. The predicted octanol–water partition coefficient (Wildman–Crippen LogP) is 2.72. The van der Waals surface area contributed by atoms with E-state index in [2.05, 4.69) is 10.6 Å². The van der Waals surface area contributed by atoms with Crippen molar-refractivity contribution in [2.24, 2.45) is 0 Å². The van der Waals surface area contributed by atoms with E-state index in [0.29, 0.717) is 22.6 Å². The molecule has 0 aliphatic carbocycles. The molecule has 2 amide bonds. The monoisotopic (exact) mass is 570 g/mol. The Morgan fingerprint density at radius 2 is 1.61 bits per heavy atom. The van der Waals surface area contributed by atoms with E-state index in [0.717, 1.165) is 12.1 Å². The maximum atomic E-state index is 13.8. The maximum Gasteiger partial charge on any atom is 0.326 e. The van der Waals surface area contributed by atoms with Crippen molar-refractivity contribution in [2.45, 2.75) is 37.8 Å². The number of aliphatic carboxylic acids is 1. The Balaban J connectivity index is 1.32. The van der Waals surface area contributed by atoms with Crippen LogP contribution >= 0.6 is 0 Å². The van der Waals surface area contributed by atoms with Gasteiger partial charge >= 0.3 is 5.97 Å². The molecule has 0 bridgehead atoms. The third kappa shape index (κ3) is 7.56. The smallest absolute Gasteiger partial charge is 0.326 e. The third-order valence-electron chi connectivity index (χ3n) is 6.36. The van der Waals surface area contributed by atoms with Crippen LogP contribution in [-0.2, 0) is 43.4 Å². The van der Waals surface area contributed by atoms with Crippen LogP contribution in [0.4, 0.5) is 8.78 Å². The zero-order chi connectivity index (χ0) is 29.4. The lowest BCUT2D eigenvalue weighted by Gasteiger charge is -2.20. The van der Waals surface area contributed by atoms with Gasteiger partial charge in [0.15, 0.2) is 12.2 Å². The number of nitrogens with one attached hydrogen (secondary N) is 2. The number of para-hydroxylation sites is 1. The van der Waals surface area contributed by atoms with Gasteiger partial charge in [0.2, 0.25) is 0 Å². The van der Waals surface area contributed by atoms with Gasteiger partial charge < -0.3 is 34.7 Å². The van der Waals surface area contributed by atoms with E-state index in [9.17, 15) is 28.3 Å². The highest BCUT2D eigenvalue weighted by Crippen LogP contribution is 2.20. The minimum absolute atomic E-state index is 0.0957. The van der Waals surface area contributed by atoms with Crippen LogP contribution in [0.2, 0.25) is 0 Å². The summed E-state index contributed by atoms with van der Waals surface area (Å²) in [7, 11) is 1.51. The Morgan fingerprint density at radius 3 is 2.27 bits per heavy atom. The Hall–Kier alpha value is -4.55. The minimum atomic E-state index is -1.36. The number of methoxy groups -OCH3 is 1. The molecular formula is C29H28F2N2O8. The van der Waals surface area contributed by atoms with Crippen LogP contribution in [0, 0.1) is 11.6 Å². The maximum absolute atomic E-state index is 13.8. The van der Waals surface area contributed by atoms with Crippen LogP contribution in [0.3, 0.4) is 0 Å². The van der Waals surface area contributed by atoms with Crippen LogP contribution in [0.1, 0.15) is 16.7 Å². The van der Waals surface area contributed by atoms with Crippen molar-refractivity contribution in [1.29, 1.82) is 0 Å². The lowest BCUT2D eigenvalue weighted by molar-refractivity contribution is -0.144. The molecule has 3 aromatic carbocycles. The fourth-order valence-corrected chi connectivity index (χ4v) is 4.16. The normalized spacial score (nSPS) is 17.0. The molecule has 0 aromatic heterocycles. The number of amides is 2. The average molecular weight is 571 g/mol. The fourth-order valence-electron chi connectivity index (χ4n) is 4.16. The number of hydrogen-bond acceptors (Lipinski definition) is 7. The van der Waals surface area contributed by atoms with Crippen molar-refractivity contribution < 1.29 is 47.2 Å². The predicted molar refractivity (Wildman–Crippen MR) is 140 cm³/mol. The Labute approximate surface area is 234 Å². The molecule has 4 rings (SSSR count). The van der Waals surface area contributed by atoms with E-state index in [1.54, 1.807) is 36.4 Å². The van der Waals surface area contributed by atoms with Crippen molar-refractivity contribution in [3.8, 4) is 11.5 Å². The number of carbonyl (C=O) groups excluding carboxylic acids is 2. The fraction of sp³-hybridized carbons (Fsp3) is 0.276. The lowest BCUT2D eigenvalue weighted by atomic mass is 10.0. The molecule has 1 aliphatic rings. The minimum Gasteiger partial charge on any atom is -0.496 e. The summed E-state index contributed by atoms with van der Waals surface area (Å²) in [4.78, 5) is 37.6. The molecule has 3 aromatic rings. The molecule has 3 unspecified atom stereocenters. The van der Waals surface area contributed by atoms with E-state index in [-0.39, 0.29) is 31.9 Å². The second kappa shape index (κ2) is 13.7. The molecule has 1 heterocycles. The van der Waals surface area contributed by atoms with E-state index in [4.69, 9.17) is 18.9 Å². The Kier molecular flexibility index (Phi) is 9.82. The number of carbonyl (C=O) groups is 3. The first-order chi connectivity index (χ1) is 19.8. The summed E-state index contributed by atoms with van der Waals surface area (Å²) in [6.07, 6.45) is -2.74. The number of rotatable bonds is 12. The highest BCUT2D eigenvalue weighted by atomic mass is 19.1. The van der Waals surface area contributed by atoms with Gasteiger partial charge in [-0.05, 0) is 35.9 Å². The summed E-state index contributed by atoms with van der Waals surface area (Å²) in [6.45, 7) is -0.534. The van der Waals surface area contributed by atoms with Crippen LogP contribution in [0.5, 0.6) is 11.5 Å². The summed E-state index contributed by atoms with van der Waals surface area (Å²) in [6, 6.07) is 15.4. The summed E-state index contributed by atoms with van der Waals surface area (Å²) in [5.41, 5.74) is 1.04. The quantitative estimate of drug-likeness (QED) is 0.303. The molecule has 3 atom stereocenters. The summed E-state index contributed by atoms with van der Waals surface area (Å²) in [5.74, 6) is -3.29. The van der Waals surface area contributed by atoms with Crippen LogP contribution < -0.4 is 20.1 Å². The van der Waals surface area contributed by atoms with Gasteiger partial charge in [0.25, 0.3) is 11.8 Å². The summed E-state index contributed by atoms with van der Waals surface area (Å²) in [5, 5.41) is 14.8. The number of benzene rings is 3. The first-order valence-electron chi connectivity index (χ1n) is 12.6. The van der Waals surface area contributed by atoms with Crippen LogP contribution in [0.15, 0.2) is 66.7 Å². The van der Waals surface area contributed by atoms with Gasteiger partial charge in [-0.1, -0.05) is 36.4 Å². The molecule has 216 valence electrons. The zero-order valence-electron chi connectivity index (χ0n) is 22.0. The third-order valence-corrected chi connectivity index (χ3v) is 6.36. The van der Waals surface area contributed by atoms with Gasteiger partial charge in [-0.25, -0.2) is 13.6 Å². The SMILES string of the molecule is COc1ccccc1CNC(=O)C1OCOC1C(=O)NC(Cc1ccc(OCc2c(F)cccc2F)cc1)C(=O)O. The first kappa shape index (κ1) is 29.4. The molecule has 0 saturated carbocycles. The van der Waals surface area contributed by atoms with Gasteiger partial charge in [0.05, 0.1) is 12.7 Å². The first-order valence-corrected chi connectivity index (χ1v) is 12.6. The van der Waals surface area contributed by atoms with E-state index < -0.39 is 47.7 Å². The highest BCUT2D eigenvalue weighted by molar-refractivity contribution is 5.93. The van der Waals surface area contributed by atoms with Crippen molar-refractivity contribution in [3.63, 3.8) is 0 Å². The zero-order valence-corrected chi connectivity index (χ0v) is 22.0. The molecule has 41 heavy (non-hydrogen) atoms. The number of halogens is 2. The van der Waals surface area contributed by atoms with E-state index in [1.807, 2.05) is 0 Å². The number of ether oxygens (including phenoxy) is 4. The molecule has 3 N–H and O–H groups in total.